The number of amides is 8. The van der Waals surface area contributed by atoms with Gasteiger partial charge >= 0.3 is 11.9 Å². The van der Waals surface area contributed by atoms with Gasteiger partial charge in [-0.15, -0.1) is 0 Å². The summed E-state index contributed by atoms with van der Waals surface area (Å²) in [5.41, 5.74) is 6.39. The number of fused-ring (bicyclic) bond motifs is 3. The Kier molecular flexibility index (Phi) is 17.4. The lowest BCUT2D eigenvalue weighted by Gasteiger charge is -2.25. The molecule has 0 bridgehead atoms. The van der Waals surface area contributed by atoms with Crippen molar-refractivity contribution in [3.8, 4) is 11.1 Å². The van der Waals surface area contributed by atoms with Crippen molar-refractivity contribution >= 4 is 76.4 Å². The van der Waals surface area contributed by atoms with Gasteiger partial charge in [0.15, 0.2) is 0 Å². The zero-order valence-electron chi connectivity index (χ0n) is 33.6. The predicted molar refractivity (Wildman–Crippen MR) is 212 cm³/mol. The molecule has 62 heavy (non-hydrogen) atoms. The average Bonchev–Trinajstić information content (AvgIpc) is 3.19. The van der Waals surface area contributed by atoms with Gasteiger partial charge in [-0.05, 0) is 49.9 Å². The Labute approximate surface area is 352 Å². The van der Waals surface area contributed by atoms with Crippen molar-refractivity contribution in [2.24, 2.45) is 5.73 Å². The molecule has 8 amide bonds. The molecule has 5 unspecified atom stereocenters. The quantitative estimate of drug-likeness (QED) is 0.0534. The summed E-state index contributed by atoms with van der Waals surface area (Å²) in [6.45, 7) is 2.64. The normalized spacial score (nSPS) is 14.4. The third kappa shape index (κ3) is 14.0. The van der Waals surface area contributed by atoms with Gasteiger partial charge in [-0.3, -0.25) is 52.7 Å². The molecule has 1 aliphatic rings. The van der Waals surface area contributed by atoms with Gasteiger partial charge in [-0.25, -0.2) is 4.79 Å². The van der Waals surface area contributed by atoms with Crippen molar-refractivity contribution < 1.29 is 72.9 Å². The first kappa shape index (κ1) is 48.8. The number of nitrogens with one attached hydrogen (secondary N) is 7. The number of aliphatic hydroxyl groups excluding tert-OH is 1. The summed E-state index contributed by atoms with van der Waals surface area (Å²) in [4.78, 5) is 150. The average molecular weight is 867 g/mol. The first-order chi connectivity index (χ1) is 29.1. The Morgan fingerprint density at radius 1 is 0.645 bits per heavy atom. The van der Waals surface area contributed by atoms with E-state index in [1.807, 2.05) is 0 Å². The molecule has 0 spiro atoms. The van der Waals surface area contributed by atoms with Gasteiger partial charge < -0.3 is 58.3 Å². The summed E-state index contributed by atoms with van der Waals surface area (Å²) in [6.07, 6.45) is -4.61. The predicted octanol–water partition coefficient (Wildman–Crippen LogP) is -2.76. The molecule has 0 aliphatic heterocycles. The molecule has 332 valence electrons. The van der Waals surface area contributed by atoms with Crippen molar-refractivity contribution in [2.75, 3.05) is 11.9 Å². The molecule has 23 heteroatoms. The fraction of sp³-hybridized carbons (Fsp3) is 0.385. The van der Waals surface area contributed by atoms with E-state index in [1.165, 1.54) is 31.2 Å². The van der Waals surface area contributed by atoms with Crippen LogP contribution in [0.5, 0.6) is 0 Å². The zero-order valence-corrected chi connectivity index (χ0v) is 33.6. The van der Waals surface area contributed by atoms with Gasteiger partial charge in [-0.2, -0.15) is 0 Å². The number of ketones is 2. The Balaban J connectivity index is 1.67. The fourth-order valence-corrected chi connectivity index (χ4v) is 6.02. The number of carbonyl (C=O) groups is 12. The molecule has 6 atom stereocenters. The van der Waals surface area contributed by atoms with Crippen LogP contribution in [0.3, 0.4) is 0 Å². The van der Waals surface area contributed by atoms with Crippen LogP contribution in [0.2, 0.25) is 0 Å². The summed E-state index contributed by atoms with van der Waals surface area (Å²) in [5.74, 6) is -12.5. The number of aliphatic carboxylic acids is 2. The minimum atomic E-state index is -1.91. The number of carboxylic acid groups (broad SMARTS) is 2. The van der Waals surface area contributed by atoms with E-state index in [9.17, 15) is 72.9 Å². The summed E-state index contributed by atoms with van der Waals surface area (Å²) < 4.78 is 0. The Morgan fingerprint density at radius 3 is 1.82 bits per heavy atom. The molecule has 0 fully saturated rings. The van der Waals surface area contributed by atoms with Crippen molar-refractivity contribution in [3.05, 3.63) is 53.6 Å². The molecular weight excluding hydrogens is 820 g/mol. The Morgan fingerprint density at radius 2 is 1.23 bits per heavy atom. The largest absolute Gasteiger partial charge is 0.481 e. The number of hydrogen-bond acceptors (Lipinski definition) is 13. The molecule has 0 saturated heterocycles. The summed E-state index contributed by atoms with van der Waals surface area (Å²) in [7, 11) is 0. The Hall–Kier alpha value is -7.56. The number of carbonyl (C=O) groups excluding carboxylic acids is 10. The highest BCUT2D eigenvalue weighted by Crippen LogP contribution is 2.34. The number of primary amides is 1. The van der Waals surface area contributed by atoms with Crippen LogP contribution in [0.25, 0.3) is 11.1 Å². The molecule has 3 rings (SSSR count). The lowest BCUT2D eigenvalue weighted by molar-refractivity contribution is -0.143. The van der Waals surface area contributed by atoms with Crippen LogP contribution in [-0.2, 0) is 47.9 Å². The van der Waals surface area contributed by atoms with Crippen LogP contribution in [-0.4, -0.2) is 129 Å². The van der Waals surface area contributed by atoms with Gasteiger partial charge in [-0.1, -0.05) is 30.3 Å². The smallest absolute Gasteiger partial charge is 0.326 e. The number of anilines is 1. The highest BCUT2D eigenvalue weighted by atomic mass is 16.4. The fourth-order valence-electron chi connectivity index (χ4n) is 6.02. The van der Waals surface area contributed by atoms with Gasteiger partial charge in [0.2, 0.25) is 58.8 Å². The molecule has 12 N–H and O–H groups in total. The first-order valence-electron chi connectivity index (χ1n) is 18.9. The van der Waals surface area contributed by atoms with Gasteiger partial charge in [0.25, 0.3) is 0 Å². The van der Waals surface area contributed by atoms with Crippen LogP contribution >= 0.6 is 0 Å². The molecule has 23 nitrogen and oxygen atoms in total. The molecule has 0 aromatic heterocycles. The maximum Gasteiger partial charge on any atom is 0.326 e. The van der Waals surface area contributed by atoms with E-state index < -0.39 is 146 Å². The van der Waals surface area contributed by atoms with E-state index >= 15 is 0 Å². The van der Waals surface area contributed by atoms with E-state index in [4.69, 9.17) is 5.73 Å². The maximum atomic E-state index is 13.3. The minimum absolute atomic E-state index is 0.000549. The van der Waals surface area contributed by atoms with Crippen molar-refractivity contribution in [1.29, 1.82) is 0 Å². The Bertz CT molecular complexity index is 2160. The SMILES string of the molecule is CC(=O)NC(C)C(=O)NC(C(=O)NC(CCC(=O)O)C(=O)NCC(=O)NC(CCC(N)=O)C(=O)N[C@@H](CC(=O)Nc1ccc2c(c1)C(=O)C(=O)c1ccccc1-2)C(=O)O)C(C)O. The summed E-state index contributed by atoms with van der Waals surface area (Å²) in [6, 6.07) is 2.55. The molecule has 0 saturated carbocycles. The number of nitrogens with two attached hydrogens (primary N) is 1. The molecule has 2 aromatic rings. The number of Topliss-reactive ketones (excluding diaryl/α,β-unsaturated/α-hetero) is 2. The topological polar surface area (TPSA) is 376 Å². The van der Waals surface area contributed by atoms with Crippen LogP contribution < -0.4 is 43.0 Å². The second kappa shape index (κ2) is 22.2. The van der Waals surface area contributed by atoms with Crippen LogP contribution in [0.1, 0.15) is 73.6 Å². The standard InChI is InChI=1S/C39H46N8O15/c1-17(42-19(3)49)35(57)47-32(18(2)48)38(60)45-25(11-13-31(53)54)36(58)41-16-30(52)44-26(10-12-28(40)50)37(59)46-27(39(61)62)15-29(51)43-20-8-9-22-21-6-4-5-7-23(21)33(55)34(56)24(22)14-20/h4-9,14,17-18,25-27,32,48H,10-13,15-16H2,1-3H3,(H2,40,50)(H,41,58)(H,42,49)(H,43,51)(H,44,52)(H,45,60)(H,46,59)(H,47,57)(H,53,54)(H,61,62)/t17?,18?,25?,26?,27-,32?/m0/s1. The monoisotopic (exact) mass is 866 g/mol. The highest BCUT2D eigenvalue weighted by Gasteiger charge is 2.34. The van der Waals surface area contributed by atoms with E-state index in [1.54, 1.807) is 18.2 Å². The lowest BCUT2D eigenvalue weighted by atomic mass is 9.84. The van der Waals surface area contributed by atoms with Gasteiger partial charge in [0, 0.05) is 36.6 Å². The third-order valence-electron chi connectivity index (χ3n) is 9.13. The third-order valence-corrected chi connectivity index (χ3v) is 9.13. The van der Waals surface area contributed by atoms with E-state index in [2.05, 4.69) is 37.2 Å². The van der Waals surface area contributed by atoms with Crippen molar-refractivity contribution in [1.82, 2.24) is 31.9 Å². The number of carboxylic acids is 2. The van der Waals surface area contributed by atoms with E-state index in [-0.39, 0.29) is 16.8 Å². The van der Waals surface area contributed by atoms with E-state index in [0.717, 1.165) is 13.8 Å². The number of aliphatic hydroxyl groups is 1. The first-order valence-corrected chi connectivity index (χ1v) is 18.9. The zero-order chi connectivity index (χ0) is 46.4. The van der Waals surface area contributed by atoms with Crippen LogP contribution in [0, 0.1) is 0 Å². The number of rotatable bonds is 22. The molecular formula is C39H46N8O15. The minimum Gasteiger partial charge on any atom is -0.481 e. The molecule has 0 radical (unpaired) electrons. The van der Waals surface area contributed by atoms with E-state index in [0.29, 0.717) is 11.1 Å². The van der Waals surface area contributed by atoms with Crippen LogP contribution in [0.15, 0.2) is 42.5 Å². The lowest BCUT2D eigenvalue weighted by Crippen LogP contribution is -2.59. The number of hydrogen-bond donors (Lipinski definition) is 11. The highest BCUT2D eigenvalue weighted by molar-refractivity contribution is 6.53. The van der Waals surface area contributed by atoms with Crippen LogP contribution in [0.4, 0.5) is 5.69 Å². The summed E-state index contributed by atoms with van der Waals surface area (Å²) >= 11 is 0. The van der Waals surface area contributed by atoms with Crippen molar-refractivity contribution in [2.45, 2.75) is 89.2 Å². The number of benzene rings is 2. The maximum absolute atomic E-state index is 13.3. The second-order valence-electron chi connectivity index (χ2n) is 14.1. The van der Waals surface area contributed by atoms with Gasteiger partial charge in [0.05, 0.1) is 19.1 Å². The summed E-state index contributed by atoms with van der Waals surface area (Å²) in [5, 5.41) is 44.7. The second-order valence-corrected chi connectivity index (χ2v) is 14.1. The molecule has 1 aliphatic carbocycles. The molecule has 2 aromatic carbocycles. The van der Waals surface area contributed by atoms with Gasteiger partial charge in [0.1, 0.15) is 30.2 Å². The molecule has 0 heterocycles. The van der Waals surface area contributed by atoms with Crippen molar-refractivity contribution in [3.63, 3.8) is 0 Å².